The molecule has 9 heteroatoms. The second-order valence-electron chi connectivity index (χ2n) is 3.54. The van der Waals surface area contributed by atoms with E-state index in [1.54, 1.807) is 0 Å². The molecule has 1 aliphatic rings. The maximum Gasteiger partial charge on any atom is 0.348 e. The Hall–Kier alpha value is -1.48. The van der Waals surface area contributed by atoms with E-state index in [-0.39, 0.29) is 17.7 Å². The highest BCUT2D eigenvalue weighted by Gasteiger charge is 2.59. The molecular formula is C8H11NO7S. The lowest BCUT2D eigenvalue weighted by molar-refractivity contribution is -0.157. The highest BCUT2D eigenvalue weighted by Crippen LogP contribution is 2.31. The van der Waals surface area contributed by atoms with Gasteiger partial charge in [0.2, 0.25) is 11.8 Å². The molecule has 2 amide bonds. The SMILES string of the molecule is CCC(C(=O)O)(N1C(=O)CCC1=O)S(=O)(=O)O. The van der Waals surface area contributed by atoms with Crippen LogP contribution in [0, 0.1) is 0 Å². The van der Waals surface area contributed by atoms with Gasteiger partial charge in [-0.05, 0) is 6.42 Å². The number of carboxylic acids is 1. The summed E-state index contributed by atoms with van der Waals surface area (Å²) in [7, 11) is -5.14. The fraction of sp³-hybridized carbons (Fsp3) is 0.625. The van der Waals surface area contributed by atoms with Gasteiger partial charge in [-0.3, -0.25) is 14.1 Å². The zero-order valence-electron chi connectivity index (χ0n) is 8.91. The summed E-state index contributed by atoms with van der Waals surface area (Å²) in [6.45, 7) is 1.15. The van der Waals surface area contributed by atoms with Crippen LogP contribution >= 0.6 is 0 Å². The molecule has 1 atom stereocenters. The fourth-order valence-electron chi connectivity index (χ4n) is 1.79. The molecule has 0 bridgehead atoms. The molecule has 1 heterocycles. The number of nitrogens with zero attached hydrogens (tertiary/aromatic N) is 1. The molecule has 0 aromatic heterocycles. The van der Waals surface area contributed by atoms with Gasteiger partial charge >= 0.3 is 16.1 Å². The van der Waals surface area contributed by atoms with Crippen LogP contribution in [0.25, 0.3) is 0 Å². The number of aliphatic carboxylic acids is 1. The summed E-state index contributed by atoms with van der Waals surface area (Å²) >= 11 is 0. The lowest BCUT2D eigenvalue weighted by Crippen LogP contribution is -2.61. The highest BCUT2D eigenvalue weighted by molar-refractivity contribution is 7.88. The minimum Gasteiger partial charge on any atom is -0.479 e. The van der Waals surface area contributed by atoms with E-state index in [2.05, 4.69) is 0 Å². The molecule has 2 N–H and O–H groups in total. The second-order valence-corrected chi connectivity index (χ2v) is 5.17. The number of rotatable bonds is 4. The summed E-state index contributed by atoms with van der Waals surface area (Å²) in [5.41, 5.74) is 0. The summed E-state index contributed by atoms with van der Waals surface area (Å²) in [6.07, 6.45) is -1.15. The molecule has 17 heavy (non-hydrogen) atoms. The highest BCUT2D eigenvalue weighted by atomic mass is 32.2. The van der Waals surface area contributed by atoms with Gasteiger partial charge in [0.1, 0.15) is 0 Å². The van der Waals surface area contributed by atoms with Gasteiger partial charge in [0.05, 0.1) is 0 Å². The number of amides is 2. The zero-order valence-corrected chi connectivity index (χ0v) is 9.73. The van der Waals surface area contributed by atoms with E-state index in [1.165, 1.54) is 0 Å². The van der Waals surface area contributed by atoms with Crippen LogP contribution in [0.2, 0.25) is 0 Å². The summed E-state index contributed by atoms with van der Waals surface area (Å²) in [4.78, 5) is 31.1. The Bertz CT molecular complexity index is 466. The quantitative estimate of drug-likeness (QED) is 0.503. The van der Waals surface area contributed by atoms with Crippen molar-refractivity contribution in [1.29, 1.82) is 0 Å². The average Bonchev–Trinajstić information content (AvgIpc) is 2.48. The number of carboxylic acid groups (broad SMARTS) is 1. The molecule has 1 fully saturated rings. The number of carbonyl (C=O) groups is 3. The third-order valence-electron chi connectivity index (χ3n) is 2.65. The standard InChI is InChI=1S/C8H11NO7S/c1-2-8(7(12)13,17(14,15)16)9-5(10)3-4-6(9)11/h2-4H2,1H3,(H,12,13)(H,14,15,16). The number of hydrogen-bond donors (Lipinski definition) is 2. The minimum atomic E-state index is -5.14. The Balaban J connectivity index is 3.49. The van der Waals surface area contributed by atoms with Crippen molar-refractivity contribution in [2.24, 2.45) is 0 Å². The van der Waals surface area contributed by atoms with Crippen molar-refractivity contribution >= 4 is 27.9 Å². The van der Waals surface area contributed by atoms with Crippen molar-refractivity contribution in [3.05, 3.63) is 0 Å². The lowest BCUT2D eigenvalue weighted by atomic mass is 10.2. The molecule has 8 nitrogen and oxygen atoms in total. The van der Waals surface area contributed by atoms with Crippen molar-refractivity contribution in [1.82, 2.24) is 4.90 Å². The van der Waals surface area contributed by atoms with Crippen LogP contribution in [-0.2, 0) is 24.5 Å². The van der Waals surface area contributed by atoms with Gasteiger partial charge < -0.3 is 5.11 Å². The first-order valence-corrected chi connectivity index (χ1v) is 6.18. The van der Waals surface area contributed by atoms with Gasteiger partial charge in [-0.1, -0.05) is 6.92 Å². The molecule has 0 aromatic rings. The van der Waals surface area contributed by atoms with Crippen LogP contribution in [-0.4, -0.2) is 45.6 Å². The lowest BCUT2D eigenvalue weighted by Gasteiger charge is -2.32. The van der Waals surface area contributed by atoms with E-state index in [0.29, 0.717) is 0 Å². The van der Waals surface area contributed by atoms with Crippen LogP contribution < -0.4 is 0 Å². The van der Waals surface area contributed by atoms with Crippen LogP contribution in [0.4, 0.5) is 0 Å². The maximum absolute atomic E-state index is 11.4. The van der Waals surface area contributed by atoms with Crippen molar-refractivity contribution in [2.45, 2.75) is 31.1 Å². The molecule has 1 rings (SSSR count). The van der Waals surface area contributed by atoms with E-state index in [4.69, 9.17) is 9.66 Å². The molecule has 1 saturated heterocycles. The third kappa shape index (κ3) is 1.80. The monoisotopic (exact) mass is 265 g/mol. The van der Waals surface area contributed by atoms with Gasteiger partial charge in [-0.15, -0.1) is 0 Å². The molecule has 0 aromatic carbocycles. The van der Waals surface area contributed by atoms with E-state index in [0.717, 1.165) is 6.92 Å². The van der Waals surface area contributed by atoms with E-state index in [9.17, 15) is 22.8 Å². The van der Waals surface area contributed by atoms with Crippen LogP contribution in [0.15, 0.2) is 0 Å². The Morgan fingerprint density at radius 1 is 1.35 bits per heavy atom. The Morgan fingerprint density at radius 2 is 1.76 bits per heavy atom. The predicted octanol–water partition coefficient (Wildman–Crippen LogP) is -0.786. The largest absolute Gasteiger partial charge is 0.479 e. The molecule has 1 unspecified atom stereocenters. The van der Waals surface area contributed by atoms with Crippen LogP contribution in [0.5, 0.6) is 0 Å². The smallest absolute Gasteiger partial charge is 0.348 e. The second kappa shape index (κ2) is 4.08. The first-order valence-electron chi connectivity index (χ1n) is 4.74. The van der Waals surface area contributed by atoms with Gasteiger partial charge in [0.15, 0.2) is 0 Å². The molecule has 0 radical (unpaired) electrons. The number of imide groups is 1. The van der Waals surface area contributed by atoms with Gasteiger partial charge in [0, 0.05) is 12.8 Å². The summed E-state index contributed by atoms with van der Waals surface area (Å²) in [5.74, 6) is -3.79. The van der Waals surface area contributed by atoms with Crippen LogP contribution in [0.1, 0.15) is 26.2 Å². The molecule has 0 spiro atoms. The van der Waals surface area contributed by atoms with Gasteiger partial charge in [-0.2, -0.15) is 8.42 Å². The normalized spacial score (nSPS) is 20.5. The number of hydrogen-bond acceptors (Lipinski definition) is 5. The van der Waals surface area contributed by atoms with E-state index in [1.807, 2.05) is 0 Å². The average molecular weight is 265 g/mol. The van der Waals surface area contributed by atoms with E-state index < -0.39 is 39.2 Å². The zero-order chi connectivity index (χ0) is 13.4. The minimum absolute atomic E-state index is 0.130. The van der Waals surface area contributed by atoms with E-state index >= 15 is 0 Å². The van der Waals surface area contributed by atoms with Crippen molar-refractivity contribution in [2.75, 3.05) is 0 Å². The molecule has 0 saturated carbocycles. The fourth-order valence-corrected chi connectivity index (χ4v) is 2.81. The molecule has 1 aliphatic heterocycles. The van der Waals surface area contributed by atoms with Crippen molar-refractivity contribution in [3.8, 4) is 0 Å². The van der Waals surface area contributed by atoms with Gasteiger partial charge in [0.25, 0.3) is 4.87 Å². The Labute approximate surface area is 97.0 Å². The maximum atomic E-state index is 11.4. The Kier molecular flexibility index (Phi) is 3.26. The number of carbonyl (C=O) groups excluding carboxylic acids is 2. The van der Waals surface area contributed by atoms with Crippen LogP contribution in [0.3, 0.4) is 0 Å². The molecule has 96 valence electrons. The summed E-state index contributed by atoms with van der Waals surface area (Å²) in [6, 6.07) is 0. The first kappa shape index (κ1) is 13.6. The summed E-state index contributed by atoms with van der Waals surface area (Å²) < 4.78 is 31.5. The Morgan fingerprint density at radius 3 is 2.00 bits per heavy atom. The van der Waals surface area contributed by atoms with Crippen molar-refractivity contribution < 1.29 is 32.5 Å². The number of likely N-dealkylation sites (tertiary alicyclic amines) is 1. The van der Waals surface area contributed by atoms with Crippen molar-refractivity contribution in [3.63, 3.8) is 0 Å². The molecular weight excluding hydrogens is 254 g/mol. The third-order valence-corrected chi connectivity index (χ3v) is 4.15. The predicted molar refractivity (Wildman–Crippen MR) is 53.3 cm³/mol. The topological polar surface area (TPSA) is 129 Å². The van der Waals surface area contributed by atoms with Gasteiger partial charge in [-0.25, -0.2) is 9.69 Å². The summed E-state index contributed by atoms with van der Waals surface area (Å²) in [5, 5.41) is 8.97. The molecule has 0 aliphatic carbocycles. The first-order chi connectivity index (χ1) is 7.68.